The smallest absolute Gasteiger partial charge is 1.00 e. The molecule has 2 atom stereocenters. The van der Waals surface area contributed by atoms with E-state index in [2.05, 4.69) is 27.7 Å². The van der Waals surface area contributed by atoms with Crippen molar-refractivity contribution < 1.29 is 51.9 Å². The fraction of sp³-hybridized carbons (Fsp3) is 0.850. The number of carboxylic acid groups (broad SMARTS) is 1. The Labute approximate surface area is 179 Å². The van der Waals surface area contributed by atoms with Crippen molar-refractivity contribution in [3.8, 4) is 0 Å². The summed E-state index contributed by atoms with van der Waals surface area (Å²) in [6.45, 7) is 11.3. The summed E-state index contributed by atoms with van der Waals surface area (Å²) in [5, 5.41) is 8.68. The van der Waals surface area contributed by atoms with Gasteiger partial charge in [0.05, 0.1) is 0 Å². The second kappa shape index (κ2) is 18.3. The first-order chi connectivity index (χ1) is 10.3. The molecule has 4 heteroatoms. The fourth-order valence-corrected chi connectivity index (χ4v) is 2.99. The third-order valence-electron chi connectivity index (χ3n) is 4.51. The topological polar surface area (TPSA) is 37.3 Å². The number of rotatable bonds is 13. The first kappa shape index (κ1) is 29.3. The van der Waals surface area contributed by atoms with Crippen LogP contribution in [0.25, 0.3) is 0 Å². The number of carbonyl (C=O) groups is 1. The minimum atomic E-state index is -0.822. The van der Waals surface area contributed by atoms with Crippen LogP contribution < -0.4 is 42.0 Å². The summed E-state index contributed by atoms with van der Waals surface area (Å²) in [7, 11) is 0. The monoisotopic (exact) mass is 368 g/mol. The van der Waals surface area contributed by atoms with Gasteiger partial charge >= 0.3 is 35.5 Å². The van der Waals surface area contributed by atoms with Gasteiger partial charge in [0.2, 0.25) is 0 Å². The van der Waals surface area contributed by atoms with Gasteiger partial charge in [-0.1, -0.05) is 78.2 Å². The molecule has 0 aliphatic carbocycles. The van der Waals surface area contributed by atoms with E-state index >= 15 is 0 Å². The van der Waals surface area contributed by atoms with Crippen LogP contribution in [0.4, 0.5) is 0 Å². The molecule has 0 aliphatic rings. The molecule has 0 aromatic rings. The van der Waals surface area contributed by atoms with Crippen LogP contribution in [0.2, 0.25) is 0 Å². The molecule has 0 aromatic heterocycles. The Bertz CT molecular complexity index is 330. The zero-order chi connectivity index (χ0) is 17.0. The van der Waals surface area contributed by atoms with Crippen LogP contribution in [0.15, 0.2) is 11.6 Å². The summed E-state index contributed by atoms with van der Waals surface area (Å²) in [6, 6.07) is 0. The molecule has 0 aliphatic heterocycles. The van der Waals surface area contributed by atoms with Crippen molar-refractivity contribution in [2.75, 3.05) is 0 Å². The molecule has 2 nitrogen and oxygen atoms in total. The largest absolute Gasteiger partial charge is 1.00 e. The molecule has 0 amide bonds. The van der Waals surface area contributed by atoms with E-state index in [0.29, 0.717) is 0 Å². The molecule has 0 aromatic carbocycles. The second-order valence-electron chi connectivity index (χ2n) is 7.69. The van der Waals surface area contributed by atoms with E-state index in [0.717, 1.165) is 36.2 Å². The Kier molecular flexibility index (Phi) is 22.3. The quantitative estimate of drug-likeness (QED) is 0.379. The van der Waals surface area contributed by atoms with E-state index in [1.165, 1.54) is 51.0 Å². The Hall–Kier alpha value is 0.500. The summed E-state index contributed by atoms with van der Waals surface area (Å²) >= 11 is 0. The van der Waals surface area contributed by atoms with Gasteiger partial charge in [0.1, 0.15) is 0 Å². The van der Waals surface area contributed by atoms with Gasteiger partial charge in [-0.05, 0) is 37.5 Å². The molecule has 0 unspecified atom stereocenters. The minimum Gasteiger partial charge on any atom is -1.00 e. The Morgan fingerprint density at radius 1 is 0.875 bits per heavy atom. The van der Waals surface area contributed by atoms with Crippen LogP contribution >= 0.6 is 0 Å². The normalized spacial score (nSPS) is 13.8. The average Bonchev–Trinajstić information content (AvgIpc) is 2.37. The maximum atomic E-state index is 10.5. The Morgan fingerprint density at radius 2 is 1.29 bits per heavy atom. The van der Waals surface area contributed by atoms with Crippen LogP contribution in [0.1, 0.15) is 92.4 Å². The number of carboxylic acids is 1. The van der Waals surface area contributed by atoms with E-state index in [1.807, 2.05) is 6.92 Å². The van der Waals surface area contributed by atoms with Gasteiger partial charge in [-0.2, -0.15) is 0 Å². The predicted molar refractivity (Wildman–Crippen MR) is 96.1 cm³/mol. The summed E-state index contributed by atoms with van der Waals surface area (Å²) < 4.78 is 0. The van der Waals surface area contributed by atoms with E-state index in [9.17, 15) is 4.79 Å². The van der Waals surface area contributed by atoms with Crippen LogP contribution in [0.5, 0.6) is 0 Å². The number of allylic oxidation sites excluding steroid dienone is 1. The first-order valence-corrected chi connectivity index (χ1v) is 9.21. The molecule has 24 heavy (non-hydrogen) atoms. The van der Waals surface area contributed by atoms with Gasteiger partial charge in [-0.25, -0.2) is 4.79 Å². The van der Waals surface area contributed by atoms with Crippen LogP contribution in [0.3, 0.4) is 0 Å². The van der Waals surface area contributed by atoms with Crippen molar-refractivity contribution in [1.29, 1.82) is 0 Å². The van der Waals surface area contributed by atoms with Crippen molar-refractivity contribution >= 4 is 5.97 Å². The molecule has 0 radical (unpaired) electrons. The maximum absolute atomic E-state index is 10.5. The molecule has 0 bridgehead atoms. The molecule has 0 rings (SSSR count). The van der Waals surface area contributed by atoms with E-state index in [1.54, 1.807) is 0 Å². The van der Waals surface area contributed by atoms with Crippen molar-refractivity contribution in [3.63, 3.8) is 0 Å². The summed E-state index contributed by atoms with van der Waals surface area (Å²) in [4.78, 5) is 10.5. The molecule has 1 N–H and O–H groups in total. The van der Waals surface area contributed by atoms with Gasteiger partial charge in [0, 0.05) is 6.08 Å². The zero-order valence-electron chi connectivity index (χ0n) is 16.9. The number of hydrogen-bond donors (Lipinski definition) is 1. The minimum absolute atomic E-state index is 0. The molecule has 0 spiro atoms. The average molecular weight is 369 g/mol. The first-order valence-electron chi connectivity index (χ1n) is 9.21. The van der Waals surface area contributed by atoms with Gasteiger partial charge in [-0.3, -0.25) is 0 Å². The van der Waals surface area contributed by atoms with Crippen LogP contribution in [-0.4, -0.2) is 11.1 Å². The molecular formula is C20H38ClNaO2. The van der Waals surface area contributed by atoms with Gasteiger partial charge in [0.15, 0.2) is 0 Å². The van der Waals surface area contributed by atoms with Crippen molar-refractivity contribution in [1.82, 2.24) is 0 Å². The van der Waals surface area contributed by atoms with E-state index in [4.69, 9.17) is 5.11 Å². The van der Waals surface area contributed by atoms with Crippen LogP contribution in [0, 0.1) is 17.8 Å². The number of aliphatic carboxylic acids is 1. The standard InChI is InChI=1S/C20H38O2.ClH.Na/c1-16(2)9-6-10-17(3)11-7-12-18(4)13-8-14-19(5)15-20(21)22;;/h15-18H,6-14H2,1-5H3,(H,21,22);1H;/q;;+1/p-1/b19-15+;;/t17-,18-;;/m1../s1. The Morgan fingerprint density at radius 3 is 1.71 bits per heavy atom. The molecule has 138 valence electrons. The summed E-state index contributed by atoms with van der Waals surface area (Å²) in [6.07, 6.45) is 12.7. The molecule has 0 fully saturated rings. The summed E-state index contributed by atoms with van der Waals surface area (Å²) in [5.74, 6) is 1.65. The predicted octanol–water partition coefficient (Wildman–Crippen LogP) is 0.464. The summed E-state index contributed by atoms with van der Waals surface area (Å²) in [5.41, 5.74) is 0.985. The molecular weight excluding hydrogens is 331 g/mol. The van der Waals surface area contributed by atoms with Gasteiger partial charge in [-0.15, -0.1) is 0 Å². The van der Waals surface area contributed by atoms with E-state index < -0.39 is 5.97 Å². The van der Waals surface area contributed by atoms with Crippen molar-refractivity contribution in [3.05, 3.63) is 11.6 Å². The molecule has 0 saturated heterocycles. The maximum Gasteiger partial charge on any atom is 1.00 e. The Balaban J connectivity index is -0.00000220. The van der Waals surface area contributed by atoms with E-state index in [-0.39, 0.29) is 42.0 Å². The second-order valence-corrected chi connectivity index (χ2v) is 7.69. The van der Waals surface area contributed by atoms with Gasteiger partial charge < -0.3 is 17.5 Å². The molecule has 0 saturated carbocycles. The fourth-order valence-electron chi connectivity index (χ4n) is 2.99. The number of hydrogen-bond acceptors (Lipinski definition) is 1. The van der Waals surface area contributed by atoms with Gasteiger partial charge in [0.25, 0.3) is 0 Å². The SMILES string of the molecule is C/C(=C\C(=O)O)CCC[C@H](C)CCC[C@H](C)CCCC(C)C.[Cl-].[Na+]. The van der Waals surface area contributed by atoms with Crippen molar-refractivity contribution in [2.24, 2.45) is 17.8 Å². The van der Waals surface area contributed by atoms with Crippen LogP contribution in [-0.2, 0) is 4.79 Å². The number of halogens is 1. The third-order valence-corrected chi connectivity index (χ3v) is 4.51. The van der Waals surface area contributed by atoms with Crippen molar-refractivity contribution in [2.45, 2.75) is 92.4 Å². The third kappa shape index (κ3) is 20.5. The molecule has 0 heterocycles. The zero-order valence-corrected chi connectivity index (χ0v) is 19.7.